The molecule has 0 aliphatic carbocycles. The van der Waals surface area contributed by atoms with E-state index in [1.807, 2.05) is 24.3 Å². The van der Waals surface area contributed by atoms with Crippen molar-refractivity contribution < 1.29 is 4.74 Å². The average Bonchev–Trinajstić information content (AvgIpc) is 2.77. The smallest absolute Gasteiger partial charge is 0.299 e. The largest absolute Gasteiger partial charge is 0.430 e. The Bertz CT molecular complexity index is 504. The van der Waals surface area contributed by atoms with Crippen LogP contribution in [0.1, 0.15) is 18.4 Å². The maximum absolute atomic E-state index is 5.63. The molecule has 0 spiro atoms. The summed E-state index contributed by atoms with van der Waals surface area (Å²) in [5.41, 5.74) is 0. The molecule has 0 atom stereocenters. The molecule has 4 nitrogen and oxygen atoms in total. The van der Waals surface area contributed by atoms with Crippen LogP contribution in [0.3, 0.4) is 0 Å². The lowest BCUT2D eigenvalue weighted by atomic mass is 10.3. The van der Waals surface area contributed by atoms with Crippen molar-refractivity contribution in [2.45, 2.75) is 19.9 Å². The minimum absolute atomic E-state index is 0.571. The Kier molecular flexibility index (Phi) is 5.10. The van der Waals surface area contributed by atoms with Gasteiger partial charge in [0.05, 0.1) is 0 Å². The lowest BCUT2D eigenvalue weighted by molar-refractivity contribution is 0.472. The molecule has 1 heterocycles. The molecule has 0 saturated carbocycles. The van der Waals surface area contributed by atoms with Crippen LogP contribution < -0.4 is 10.1 Å². The summed E-state index contributed by atoms with van der Waals surface area (Å²) in [5.74, 6) is 0.758. The highest BCUT2D eigenvalue weighted by Crippen LogP contribution is 2.26. The lowest BCUT2D eigenvalue weighted by Gasteiger charge is -2.00. The molecule has 6 heteroatoms. The highest BCUT2D eigenvalue weighted by molar-refractivity contribution is 9.10. The van der Waals surface area contributed by atoms with Gasteiger partial charge in [-0.05, 0) is 31.2 Å². The third-order valence-corrected chi connectivity index (χ3v) is 3.45. The fourth-order valence-corrected chi connectivity index (χ4v) is 2.41. The molecule has 0 amide bonds. The summed E-state index contributed by atoms with van der Waals surface area (Å²) < 4.78 is 6.61. The molecule has 2 rings (SSSR count). The number of hydrogen-bond acceptors (Lipinski definition) is 5. The van der Waals surface area contributed by atoms with Crippen molar-refractivity contribution in [3.05, 3.63) is 33.7 Å². The van der Waals surface area contributed by atoms with Crippen molar-refractivity contribution in [2.24, 2.45) is 0 Å². The first-order chi connectivity index (χ1) is 8.78. The number of aromatic nitrogens is 2. The van der Waals surface area contributed by atoms with Gasteiger partial charge in [-0.25, -0.2) is 0 Å². The van der Waals surface area contributed by atoms with Crippen LogP contribution in [-0.4, -0.2) is 16.7 Å². The van der Waals surface area contributed by atoms with Gasteiger partial charge in [-0.2, -0.15) is 0 Å². The van der Waals surface area contributed by atoms with Crippen LogP contribution in [0.25, 0.3) is 0 Å². The Morgan fingerprint density at radius 3 is 3.06 bits per heavy atom. The van der Waals surface area contributed by atoms with Gasteiger partial charge in [-0.15, -0.1) is 5.10 Å². The summed E-state index contributed by atoms with van der Waals surface area (Å²) in [6.45, 7) is 3.86. The van der Waals surface area contributed by atoms with E-state index in [0.29, 0.717) is 5.19 Å². The average molecular weight is 328 g/mol. The van der Waals surface area contributed by atoms with E-state index < -0.39 is 0 Å². The highest BCUT2D eigenvalue weighted by atomic mass is 79.9. The second-order valence-electron chi connectivity index (χ2n) is 3.70. The Labute approximate surface area is 119 Å². The van der Waals surface area contributed by atoms with Crippen LogP contribution >= 0.6 is 27.3 Å². The van der Waals surface area contributed by atoms with Gasteiger partial charge < -0.3 is 10.1 Å². The molecule has 0 unspecified atom stereocenters. The molecule has 0 fully saturated rings. The van der Waals surface area contributed by atoms with E-state index in [-0.39, 0.29) is 0 Å². The van der Waals surface area contributed by atoms with Gasteiger partial charge in [-0.1, -0.05) is 45.4 Å². The van der Waals surface area contributed by atoms with Crippen molar-refractivity contribution in [1.29, 1.82) is 0 Å². The summed E-state index contributed by atoms with van der Waals surface area (Å²) in [6, 6.07) is 7.66. The first kappa shape index (κ1) is 13.5. The third-order valence-electron chi connectivity index (χ3n) is 2.15. The monoisotopic (exact) mass is 327 g/mol. The Hall–Kier alpha value is -0.980. The Balaban J connectivity index is 1.94. The van der Waals surface area contributed by atoms with E-state index >= 15 is 0 Å². The molecular weight excluding hydrogens is 314 g/mol. The van der Waals surface area contributed by atoms with Gasteiger partial charge in [-0.3, -0.25) is 0 Å². The Morgan fingerprint density at radius 2 is 2.28 bits per heavy atom. The molecule has 0 bridgehead atoms. The minimum atomic E-state index is 0.571. The summed E-state index contributed by atoms with van der Waals surface area (Å²) in [4.78, 5) is 0. The molecule has 18 heavy (non-hydrogen) atoms. The van der Waals surface area contributed by atoms with Gasteiger partial charge in [0, 0.05) is 11.0 Å². The van der Waals surface area contributed by atoms with Crippen molar-refractivity contribution in [3.8, 4) is 10.9 Å². The molecule has 2 aromatic rings. The third kappa shape index (κ3) is 4.04. The Morgan fingerprint density at radius 1 is 1.39 bits per heavy atom. The van der Waals surface area contributed by atoms with Gasteiger partial charge >= 0.3 is 0 Å². The summed E-state index contributed by atoms with van der Waals surface area (Å²) in [7, 11) is 0. The van der Waals surface area contributed by atoms with Crippen LogP contribution in [0.15, 0.2) is 28.7 Å². The van der Waals surface area contributed by atoms with E-state index in [1.54, 1.807) is 0 Å². The zero-order valence-electron chi connectivity index (χ0n) is 10.0. The number of nitrogens with zero attached hydrogens (tertiary/aromatic N) is 2. The highest BCUT2D eigenvalue weighted by Gasteiger charge is 2.06. The second-order valence-corrected chi connectivity index (χ2v) is 5.64. The number of halogens is 1. The molecule has 0 radical (unpaired) electrons. The maximum atomic E-state index is 5.63. The summed E-state index contributed by atoms with van der Waals surface area (Å²) in [6.07, 6.45) is 1.11. The van der Waals surface area contributed by atoms with Crippen molar-refractivity contribution in [2.75, 3.05) is 6.54 Å². The number of benzene rings is 1. The normalized spacial score (nSPS) is 10.6. The van der Waals surface area contributed by atoms with Crippen LogP contribution in [-0.2, 0) is 6.54 Å². The maximum Gasteiger partial charge on any atom is 0.299 e. The molecular formula is C12H14BrN3OS. The van der Waals surface area contributed by atoms with E-state index in [9.17, 15) is 0 Å². The van der Waals surface area contributed by atoms with Gasteiger partial charge in [0.1, 0.15) is 10.8 Å². The van der Waals surface area contributed by atoms with Crippen molar-refractivity contribution in [1.82, 2.24) is 15.5 Å². The summed E-state index contributed by atoms with van der Waals surface area (Å²) in [5, 5.41) is 12.9. The molecule has 1 aromatic carbocycles. The molecule has 0 aliphatic heterocycles. The number of ether oxygens (including phenoxy) is 1. The van der Waals surface area contributed by atoms with Crippen LogP contribution in [0.5, 0.6) is 10.9 Å². The first-order valence-electron chi connectivity index (χ1n) is 5.74. The van der Waals surface area contributed by atoms with Gasteiger partial charge in [0.2, 0.25) is 0 Å². The molecule has 0 aliphatic rings. The van der Waals surface area contributed by atoms with E-state index in [0.717, 1.165) is 34.7 Å². The SMILES string of the molecule is CCCNCc1nnc(Oc2cccc(Br)c2)s1. The number of hydrogen-bond donors (Lipinski definition) is 1. The van der Waals surface area contributed by atoms with E-state index in [4.69, 9.17) is 4.74 Å². The molecule has 0 saturated heterocycles. The van der Waals surface area contributed by atoms with Crippen LogP contribution in [0.4, 0.5) is 0 Å². The fourth-order valence-electron chi connectivity index (χ4n) is 1.35. The fraction of sp³-hybridized carbons (Fsp3) is 0.333. The van der Waals surface area contributed by atoms with Crippen molar-refractivity contribution >= 4 is 27.3 Å². The lowest BCUT2D eigenvalue weighted by Crippen LogP contribution is -2.13. The van der Waals surface area contributed by atoms with Crippen LogP contribution in [0.2, 0.25) is 0 Å². The summed E-state index contributed by atoms with van der Waals surface area (Å²) >= 11 is 4.86. The van der Waals surface area contributed by atoms with E-state index in [1.165, 1.54) is 11.3 Å². The van der Waals surface area contributed by atoms with Gasteiger partial charge in [0.15, 0.2) is 0 Å². The topological polar surface area (TPSA) is 47.0 Å². The predicted molar refractivity (Wildman–Crippen MR) is 76.1 cm³/mol. The first-order valence-corrected chi connectivity index (χ1v) is 7.35. The van der Waals surface area contributed by atoms with Gasteiger partial charge in [0.25, 0.3) is 5.19 Å². The number of rotatable bonds is 6. The van der Waals surface area contributed by atoms with Crippen molar-refractivity contribution in [3.63, 3.8) is 0 Å². The molecule has 96 valence electrons. The number of nitrogens with one attached hydrogen (secondary N) is 1. The zero-order chi connectivity index (χ0) is 12.8. The zero-order valence-corrected chi connectivity index (χ0v) is 12.4. The minimum Gasteiger partial charge on any atom is -0.430 e. The molecule has 1 N–H and O–H groups in total. The predicted octanol–water partition coefficient (Wildman–Crippen LogP) is 3.59. The van der Waals surface area contributed by atoms with Crippen LogP contribution in [0, 0.1) is 0 Å². The molecule has 1 aromatic heterocycles. The standard InChI is InChI=1S/C12H14BrN3OS/c1-2-6-14-8-11-15-16-12(18-11)17-10-5-3-4-9(13)7-10/h3-5,7,14H,2,6,8H2,1H3. The quantitative estimate of drug-likeness (QED) is 0.823. The second kappa shape index (κ2) is 6.82. The van der Waals surface area contributed by atoms with E-state index in [2.05, 4.69) is 38.4 Å².